The van der Waals surface area contributed by atoms with Crippen LogP contribution >= 0.6 is 0 Å². The minimum Gasteiger partial charge on any atom is -0.491 e. The number of hydrogen-bond donors (Lipinski definition) is 2. The SMILES string of the molecule is COc1c(F)cc(NCC(=O)Nc2cc(C)no2)cc1F. The highest BCUT2D eigenvalue weighted by atomic mass is 19.1. The standard InChI is InChI=1S/C13H13F2N3O3/c1-7-3-12(21-18-7)17-11(19)6-16-8-4-9(14)13(20-2)10(15)5-8/h3-5,16H,6H2,1-2H3,(H,17,19). The Labute approximate surface area is 119 Å². The summed E-state index contributed by atoms with van der Waals surface area (Å²) in [5, 5.41) is 8.64. The van der Waals surface area contributed by atoms with Crippen LogP contribution in [0.5, 0.6) is 5.75 Å². The van der Waals surface area contributed by atoms with Crippen LogP contribution in [0.4, 0.5) is 20.4 Å². The second kappa shape index (κ2) is 6.21. The number of ether oxygens (including phenoxy) is 1. The first kappa shape index (κ1) is 14.8. The first-order chi connectivity index (χ1) is 9.99. The lowest BCUT2D eigenvalue weighted by molar-refractivity contribution is -0.114. The van der Waals surface area contributed by atoms with Crippen molar-refractivity contribution in [2.24, 2.45) is 0 Å². The van der Waals surface area contributed by atoms with Crippen LogP contribution in [0.25, 0.3) is 0 Å². The minimum absolute atomic E-state index is 0.120. The third-order valence-electron chi connectivity index (χ3n) is 2.55. The number of hydrogen-bond acceptors (Lipinski definition) is 5. The number of nitrogens with zero attached hydrogens (tertiary/aromatic N) is 1. The normalized spacial score (nSPS) is 10.3. The number of methoxy groups -OCH3 is 1. The molecule has 8 heteroatoms. The van der Waals surface area contributed by atoms with Gasteiger partial charge in [-0.3, -0.25) is 10.1 Å². The van der Waals surface area contributed by atoms with Crippen LogP contribution in [0.3, 0.4) is 0 Å². The zero-order chi connectivity index (χ0) is 15.4. The van der Waals surface area contributed by atoms with Crippen molar-refractivity contribution < 1.29 is 22.8 Å². The highest BCUT2D eigenvalue weighted by Gasteiger charge is 2.12. The third kappa shape index (κ3) is 3.68. The number of carbonyl (C=O) groups is 1. The van der Waals surface area contributed by atoms with Crippen LogP contribution in [0, 0.1) is 18.6 Å². The average Bonchev–Trinajstić information content (AvgIpc) is 2.81. The molecule has 0 spiro atoms. The Morgan fingerprint density at radius 3 is 2.52 bits per heavy atom. The highest BCUT2D eigenvalue weighted by Crippen LogP contribution is 2.25. The van der Waals surface area contributed by atoms with Crippen molar-refractivity contribution in [3.63, 3.8) is 0 Å². The van der Waals surface area contributed by atoms with Gasteiger partial charge in [-0.15, -0.1) is 0 Å². The molecule has 1 aromatic carbocycles. The van der Waals surface area contributed by atoms with Crippen molar-refractivity contribution in [2.45, 2.75) is 6.92 Å². The number of benzene rings is 1. The summed E-state index contributed by atoms with van der Waals surface area (Å²) in [7, 11) is 1.17. The maximum Gasteiger partial charge on any atom is 0.246 e. The Hall–Kier alpha value is -2.64. The predicted molar refractivity (Wildman–Crippen MR) is 71.3 cm³/mol. The van der Waals surface area contributed by atoms with Gasteiger partial charge in [0.05, 0.1) is 19.3 Å². The molecule has 1 aromatic heterocycles. The Morgan fingerprint density at radius 1 is 1.33 bits per heavy atom. The minimum atomic E-state index is -0.855. The molecular formula is C13H13F2N3O3. The monoisotopic (exact) mass is 297 g/mol. The number of aromatic nitrogens is 1. The molecule has 0 bridgehead atoms. The molecule has 2 aromatic rings. The fourth-order valence-corrected chi connectivity index (χ4v) is 1.64. The molecule has 0 unspecified atom stereocenters. The summed E-state index contributed by atoms with van der Waals surface area (Å²) < 4.78 is 36.3. The van der Waals surface area contributed by atoms with Gasteiger partial charge in [0.2, 0.25) is 11.8 Å². The molecule has 0 aliphatic carbocycles. The zero-order valence-corrected chi connectivity index (χ0v) is 11.4. The van der Waals surface area contributed by atoms with Crippen molar-refractivity contribution in [2.75, 3.05) is 24.3 Å². The topological polar surface area (TPSA) is 76.4 Å². The average molecular weight is 297 g/mol. The molecule has 0 aliphatic heterocycles. The van der Waals surface area contributed by atoms with Gasteiger partial charge in [0.1, 0.15) is 0 Å². The second-order valence-corrected chi connectivity index (χ2v) is 4.21. The maximum absolute atomic E-state index is 13.5. The summed E-state index contributed by atoms with van der Waals surface area (Å²) in [5.41, 5.74) is 0.743. The predicted octanol–water partition coefficient (Wildman–Crippen LogP) is 2.32. The third-order valence-corrected chi connectivity index (χ3v) is 2.55. The Balaban J connectivity index is 1.95. The molecular weight excluding hydrogens is 284 g/mol. The van der Waals surface area contributed by atoms with Gasteiger partial charge in [0.25, 0.3) is 0 Å². The lowest BCUT2D eigenvalue weighted by Gasteiger charge is -2.09. The molecule has 0 aliphatic rings. The summed E-state index contributed by atoms with van der Waals surface area (Å²) in [6.45, 7) is 1.52. The number of aryl methyl sites for hydroxylation is 1. The van der Waals surface area contributed by atoms with Crippen molar-refractivity contribution in [3.8, 4) is 5.75 Å². The van der Waals surface area contributed by atoms with Crippen LogP contribution in [-0.4, -0.2) is 24.7 Å². The van der Waals surface area contributed by atoms with Gasteiger partial charge in [0, 0.05) is 23.9 Å². The van der Waals surface area contributed by atoms with E-state index >= 15 is 0 Å². The Bertz CT molecular complexity index is 635. The molecule has 0 atom stereocenters. The first-order valence-corrected chi connectivity index (χ1v) is 5.99. The van der Waals surface area contributed by atoms with Gasteiger partial charge >= 0.3 is 0 Å². The van der Waals surface area contributed by atoms with Gasteiger partial charge in [-0.1, -0.05) is 5.16 Å². The quantitative estimate of drug-likeness (QED) is 0.885. The van der Waals surface area contributed by atoms with Gasteiger partial charge in [-0.2, -0.15) is 0 Å². The highest BCUT2D eigenvalue weighted by molar-refractivity contribution is 5.92. The molecule has 6 nitrogen and oxygen atoms in total. The molecule has 0 radical (unpaired) electrons. The lowest BCUT2D eigenvalue weighted by atomic mass is 10.2. The van der Waals surface area contributed by atoms with Crippen LogP contribution in [-0.2, 0) is 4.79 Å². The molecule has 2 rings (SSSR count). The first-order valence-electron chi connectivity index (χ1n) is 5.99. The number of carbonyl (C=O) groups excluding carboxylic acids is 1. The molecule has 2 N–H and O–H groups in total. The van der Waals surface area contributed by atoms with Crippen LogP contribution < -0.4 is 15.4 Å². The fourth-order valence-electron chi connectivity index (χ4n) is 1.64. The van der Waals surface area contributed by atoms with Crippen LogP contribution in [0.15, 0.2) is 22.7 Å². The number of amides is 1. The van der Waals surface area contributed by atoms with E-state index in [1.165, 1.54) is 7.11 Å². The molecule has 0 fully saturated rings. The Kier molecular flexibility index (Phi) is 4.36. The molecule has 112 valence electrons. The summed E-state index contributed by atoms with van der Waals surface area (Å²) in [6.07, 6.45) is 0. The zero-order valence-electron chi connectivity index (χ0n) is 11.4. The summed E-state index contributed by atoms with van der Waals surface area (Å²) in [4.78, 5) is 11.6. The molecule has 0 saturated heterocycles. The van der Waals surface area contributed by atoms with E-state index in [1.54, 1.807) is 13.0 Å². The summed E-state index contributed by atoms with van der Waals surface area (Å²) >= 11 is 0. The van der Waals surface area contributed by atoms with E-state index < -0.39 is 23.3 Å². The smallest absolute Gasteiger partial charge is 0.246 e. The van der Waals surface area contributed by atoms with E-state index in [9.17, 15) is 13.6 Å². The van der Waals surface area contributed by atoms with Crippen LogP contribution in [0.2, 0.25) is 0 Å². The second-order valence-electron chi connectivity index (χ2n) is 4.21. The van der Waals surface area contributed by atoms with E-state index in [4.69, 9.17) is 4.52 Å². The number of rotatable bonds is 5. The van der Waals surface area contributed by atoms with Crippen molar-refractivity contribution in [3.05, 3.63) is 35.5 Å². The Morgan fingerprint density at radius 2 is 2.00 bits per heavy atom. The summed E-state index contributed by atoms with van der Waals surface area (Å²) in [5.74, 6) is -2.42. The van der Waals surface area contributed by atoms with Crippen molar-refractivity contribution in [1.29, 1.82) is 0 Å². The maximum atomic E-state index is 13.5. The number of nitrogens with one attached hydrogen (secondary N) is 2. The molecule has 21 heavy (non-hydrogen) atoms. The van der Waals surface area contributed by atoms with Gasteiger partial charge < -0.3 is 14.6 Å². The van der Waals surface area contributed by atoms with E-state index in [1.807, 2.05) is 0 Å². The lowest BCUT2D eigenvalue weighted by Crippen LogP contribution is -2.21. The molecule has 0 saturated carbocycles. The van der Waals surface area contributed by atoms with Crippen molar-refractivity contribution >= 4 is 17.5 Å². The number of anilines is 2. The van der Waals surface area contributed by atoms with E-state index in [-0.39, 0.29) is 18.1 Å². The van der Waals surface area contributed by atoms with Crippen LogP contribution in [0.1, 0.15) is 5.69 Å². The van der Waals surface area contributed by atoms with E-state index in [0.29, 0.717) is 5.69 Å². The number of halogens is 2. The van der Waals surface area contributed by atoms with E-state index in [0.717, 1.165) is 12.1 Å². The van der Waals surface area contributed by atoms with Crippen molar-refractivity contribution in [1.82, 2.24) is 5.16 Å². The van der Waals surface area contributed by atoms with Gasteiger partial charge in [-0.25, -0.2) is 8.78 Å². The fraction of sp³-hybridized carbons (Fsp3) is 0.231. The molecule has 1 amide bonds. The largest absolute Gasteiger partial charge is 0.491 e. The van der Waals surface area contributed by atoms with E-state index in [2.05, 4.69) is 20.5 Å². The molecule has 1 heterocycles. The van der Waals surface area contributed by atoms with Gasteiger partial charge in [-0.05, 0) is 6.92 Å². The summed E-state index contributed by atoms with van der Waals surface area (Å²) in [6, 6.07) is 3.62. The van der Waals surface area contributed by atoms with Gasteiger partial charge in [0.15, 0.2) is 17.4 Å².